The van der Waals surface area contributed by atoms with Gasteiger partial charge in [0.05, 0.1) is 38.0 Å². The fraction of sp³-hybridized carbons (Fsp3) is 0.304. The van der Waals surface area contributed by atoms with Gasteiger partial charge in [0.1, 0.15) is 0 Å². The lowest BCUT2D eigenvalue weighted by atomic mass is 10.1. The van der Waals surface area contributed by atoms with Crippen molar-refractivity contribution in [3.63, 3.8) is 0 Å². The minimum absolute atomic E-state index is 0.0800. The minimum atomic E-state index is -0.0800. The van der Waals surface area contributed by atoms with Gasteiger partial charge in [0.2, 0.25) is 0 Å². The first-order chi connectivity index (χ1) is 14.6. The molecule has 0 aliphatic carbocycles. The van der Waals surface area contributed by atoms with Gasteiger partial charge >= 0.3 is 0 Å². The van der Waals surface area contributed by atoms with E-state index in [1.54, 1.807) is 19.1 Å². The number of hydrogen-bond acceptors (Lipinski definition) is 6. The van der Waals surface area contributed by atoms with Crippen LogP contribution in [-0.2, 0) is 9.53 Å². The number of nitrogens with zero attached hydrogens (tertiary/aromatic N) is 2. The predicted octanol–water partition coefficient (Wildman–Crippen LogP) is 4.65. The van der Waals surface area contributed by atoms with E-state index >= 15 is 0 Å². The number of aliphatic imine (C=N–C) groups is 1. The summed E-state index contributed by atoms with van der Waals surface area (Å²) in [6.07, 6.45) is 1.88. The van der Waals surface area contributed by atoms with E-state index in [0.29, 0.717) is 41.3 Å². The Labute approximate surface area is 181 Å². The fourth-order valence-electron chi connectivity index (χ4n) is 2.99. The number of hydrogen-bond donors (Lipinski definition) is 0. The van der Waals surface area contributed by atoms with Crippen molar-refractivity contribution >= 4 is 34.6 Å². The Balaban J connectivity index is 1.95. The molecule has 0 bridgehead atoms. The molecule has 158 valence electrons. The molecule has 2 aromatic carbocycles. The average molecular weight is 427 g/mol. The van der Waals surface area contributed by atoms with Crippen molar-refractivity contribution in [3.8, 4) is 11.5 Å². The number of aryl methyl sites for hydroxylation is 1. The third-order valence-corrected chi connectivity index (χ3v) is 5.60. The van der Waals surface area contributed by atoms with Crippen molar-refractivity contribution in [2.24, 2.45) is 4.99 Å². The highest BCUT2D eigenvalue weighted by Gasteiger charge is 2.33. The predicted molar refractivity (Wildman–Crippen MR) is 122 cm³/mol. The van der Waals surface area contributed by atoms with E-state index < -0.39 is 0 Å². The Kier molecular flexibility index (Phi) is 7.54. The van der Waals surface area contributed by atoms with Gasteiger partial charge in [-0.15, -0.1) is 0 Å². The fourth-order valence-corrected chi connectivity index (χ4v) is 4.01. The quantitative estimate of drug-likeness (QED) is 0.454. The van der Waals surface area contributed by atoms with E-state index in [4.69, 9.17) is 14.2 Å². The Morgan fingerprint density at radius 1 is 1.10 bits per heavy atom. The van der Waals surface area contributed by atoms with E-state index in [1.807, 2.05) is 62.4 Å². The lowest BCUT2D eigenvalue weighted by Crippen LogP contribution is -2.32. The molecule has 1 aliphatic heterocycles. The zero-order valence-electron chi connectivity index (χ0n) is 17.7. The summed E-state index contributed by atoms with van der Waals surface area (Å²) in [6, 6.07) is 13.4. The molecule has 0 radical (unpaired) electrons. The normalized spacial score (nSPS) is 16.5. The second-order valence-corrected chi connectivity index (χ2v) is 7.57. The summed E-state index contributed by atoms with van der Waals surface area (Å²) in [6.45, 7) is 5.43. The molecule has 7 heteroatoms. The van der Waals surface area contributed by atoms with E-state index in [9.17, 15) is 4.79 Å². The lowest BCUT2D eigenvalue weighted by Gasteiger charge is -2.15. The Morgan fingerprint density at radius 2 is 1.80 bits per heavy atom. The number of para-hydroxylation sites is 1. The number of benzene rings is 2. The molecule has 0 unspecified atom stereocenters. The molecule has 1 fully saturated rings. The molecule has 1 aliphatic rings. The molecule has 0 saturated carbocycles. The first-order valence-corrected chi connectivity index (χ1v) is 10.5. The first-order valence-electron chi connectivity index (χ1n) is 9.72. The van der Waals surface area contributed by atoms with Crippen molar-refractivity contribution in [1.29, 1.82) is 0 Å². The van der Waals surface area contributed by atoms with Gasteiger partial charge in [-0.05, 0) is 67.1 Å². The zero-order chi connectivity index (χ0) is 21.5. The highest BCUT2D eigenvalue weighted by atomic mass is 32.2. The number of ether oxygens (including phenoxy) is 3. The van der Waals surface area contributed by atoms with Crippen LogP contribution in [-0.4, -0.2) is 50.0 Å². The van der Waals surface area contributed by atoms with E-state index in [2.05, 4.69) is 4.99 Å². The number of carbonyl (C=O) groups excluding carboxylic acids is 1. The van der Waals surface area contributed by atoms with E-state index in [-0.39, 0.29) is 5.91 Å². The molecule has 0 atom stereocenters. The minimum Gasteiger partial charge on any atom is -0.493 e. The van der Waals surface area contributed by atoms with Crippen molar-refractivity contribution in [2.45, 2.75) is 13.8 Å². The van der Waals surface area contributed by atoms with E-state index in [0.717, 1.165) is 16.8 Å². The van der Waals surface area contributed by atoms with E-state index in [1.165, 1.54) is 11.8 Å². The largest absolute Gasteiger partial charge is 0.493 e. The third kappa shape index (κ3) is 5.04. The summed E-state index contributed by atoms with van der Waals surface area (Å²) >= 11 is 1.37. The number of amides is 1. The molecule has 0 spiro atoms. The number of amidine groups is 1. The summed E-state index contributed by atoms with van der Waals surface area (Å²) in [5.74, 6) is 1.20. The summed E-state index contributed by atoms with van der Waals surface area (Å²) in [5.41, 5.74) is 2.69. The molecular formula is C23H26N2O4S. The highest BCUT2D eigenvalue weighted by molar-refractivity contribution is 8.18. The molecule has 1 saturated heterocycles. The van der Waals surface area contributed by atoms with Crippen LogP contribution in [0.3, 0.4) is 0 Å². The number of thioether (sulfide) groups is 1. The average Bonchev–Trinajstić information content (AvgIpc) is 3.04. The molecule has 3 rings (SSSR count). The second-order valence-electron chi connectivity index (χ2n) is 6.56. The summed E-state index contributed by atoms with van der Waals surface area (Å²) < 4.78 is 16.2. The van der Waals surface area contributed by atoms with Crippen LogP contribution in [0.4, 0.5) is 5.69 Å². The second kappa shape index (κ2) is 10.3. The molecule has 1 heterocycles. The van der Waals surface area contributed by atoms with Crippen molar-refractivity contribution < 1.29 is 19.0 Å². The van der Waals surface area contributed by atoms with Crippen LogP contribution in [0.25, 0.3) is 6.08 Å². The maximum atomic E-state index is 13.1. The molecule has 0 aromatic heterocycles. The molecule has 6 nitrogen and oxygen atoms in total. The molecule has 30 heavy (non-hydrogen) atoms. The van der Waals surface area contributed by atoms with Gasteiger partial charge in [-0.1, -0.05) is 18.2 Å². The monoisotopic (exact) mass is 426 g/mol. The Hall–Kier alpha value is -2.77. The van der Waals surface area contributed by atoms with Gasteiger partial charge in [0.25, 0.3) is 5.91 Å². The number of carbonyl (C=O) groups is 1. The van der Waals surface area contributed by atoms with Gasteiger partial charge in [-0.2, -0.15) is 0 Å². The van der Waals surface area contributed by atoms with Gasteiger partial charge in [0.15, 0.2) is 16.7 Å². The maximum Gasteiger partial charge on any atom is 0.266 e. The third-order valence-electron chi connectivity index (χ3n) is 4.59. The van der Waals surface area contributed by atoms with Crippen LogP contribution in [0.1, 0.15) is 18.1 Å². The molecule has 0 N–H and O–H groups in total. The SMILES string of the molecule is CCOCCN1C(=O)/C(=C/c2cc(OC)c(OC)cc2C)SC1=Nc1ccccc1. The summed E-state index contributed by atoms with van der Waals surface area (Å²) in [4.78, 5) is 20.1. The van der Waals surface area contributed by atoms with Crippen LogP contribution >= 0.6 is 11.8 Å². The molecule has 1 amide bonds. The van der Waals surface area contributed by atoms with Crippen LogP contribution in [0.15, 0.2) is 52.4 Å². The van der Waals surface area contributed by atoms with Gasteiger partial charge in [0, 0.05) is 6.61 Å². The Bertz CT molecular complexity index is 957. The van der Waals surface area contributed by atoms with Gasteiger partial charge in [-0.3, -0.25) is 9.69 Å². The lowest BCUT2D eigenvalue weighted by molar-refractivity contribution is -0.122. The zero-order valence-corrected chi connectivity index (χ0v) is 18.5. The van der Waals surface area contributed by atoms with Crippen molar-refractivity contribution in [3.05, 3.63) is 58.5 Å². The highest BCUT2D eigenvalue weighted by Crippen LogP contribution is 2.36. The van der Waals surface area contributed by atoms with Crippen LogP contribution < -0.4 is 9.47 Å². The van der Waals surface area contributed by atoms with Crippen molar-refractivity contribution in [2.75, 3.05) is 34.0 Å². The van der Waals surface area contributed by atoms with Crippen LogP contribution in [0.5, 0.6) is 11.5 Å². The number of methoxy groups -OCH3 is 2. The van der Waals surface area contributed by atoms with Gasteiger partial charge in [-0.25, -0.2) is 4.99 Å². The van der Waals surface area contributed by atoms with Crippen molar-refractivity contribution in [1.82, 2.24) is 4.90 Å². The maximum absolute atomic E-state index is 13.1. The van der Waals surface area contributed by atoms with Gasteiger partial charge < -0.3 is 14.2 Å². The summed E-state index contributed by atoms with van der Waals surface area (Å²) in [7, 11) is 3.20. The molecule has 2 aromatic rings. The Morgan fingerprint density at radius 3 is 2.47 bits per heavy atom. The number of rotatable bonds is 8. The summed E-state index contributed by atoms with van der Waals surface area (Å²) in [5, 5.41) is 0.648. The topological polar surface area (TPSA) is 60.4 Å². The standard InChI is InChI=1S/C23H26N2O4S/c1-5-29-12-11-25-22(26)21(30-23(25)24-18-9-7-6-8-10-18)15-17-14-20(28-4)19(27-3)13-16(17)2/h6-10,13-15H,5,11-12H2,1-4H3/b21-15-,24-23?. The first kappa shape index (κ1) is 21.9. The molecular weight excluding hydrogens is 400 g/mol. The van der Waals surface area contributed by atoms with Crippen LogP contribution in [0, 0.1) is 6.92 Å². The van der Waals surface area contributed by atoms with Crippen LogP contribution in [0.2, 0.25) is 0 Å². The smallest absolute Gasteiger partial charge is 0.266 e.